The molecule has 0 fully saturated rings. The zero-order chi connectivity index (χ0) is 20.1. The first-order valence-electron chi connectivity index (χ1n) is 8.34. The second-order valence-corrected chi connectivity index (χ2v) is 7.69. The number of H-pyrrole nitrogens is 1. The fraction of sp³-hybridized carbons (Fsp3) is 0.278. The van der Waals surface area contributed by atoms with Crippen LogP contribution in [0.5, 0.6) is 0 Å². The van der Waals surface area contributed by atoms with E-state index in [1.165, 1.54) is 42.3 Å². The second kappa shape index (κ2) is 8.98. The summed E-state index contributed by atoms with van der Waals surface area (Å²) in [5.41, 5.74) is 1.12. The van der Waals surface area contributed by atoms with Gasteiger partial charge in [-0.2, -0.15) is 0 Å². The average molecular weight is 419 g/mol. The highest BCUT2D eigenvalue weighted by Crippen LogP contribution is 2.25. The molecular formula is C18H17N3O5S2. The third-order valence-electron chi connectivity index (χ3n) is 3.67. The van der Waals surface area contributed by atoms with Gasteiger partial charge in [0.1, 0.15) is 5.82 Å². The molecule has 0 aliphatic carbocycles. The Morgan fingerprint density at radius 3 is 2.86 bits per heavy atom. The van der Waals surface area contributed by atoms with Gasteiger partial charge in [-0.3, -0.25) is 9.59 Å². The van der Waals surface area contributed by atoms with Gasteiger partial charge in [-0.05, 0) is 25.1 Å². The molecule has 8 nitrogen and oxygen atoms in total. The Labute approximate surface area is 168 Å². The molecule has 0 aliphatic rings. The van der Waals surface area contributed by atoms with E-state index in [4.69, 9.17) is 9.47 Å². The van der Waals surface area contributed by atoms with Crippen molar-refractivity contribution in [3.8, 4) is 0 Å². The number of carbonyl (C=O) groups excluding carboxylic acids is 2. The van der Waals surface area contributed by atoms with Gasteiger partial charge in [-0.25, -0.2) is 14.8 Å². The molecule has 3 aromatic rings. The lowest BCUT2D eigenvalue weighted by Crippen LogP contribution is -2.12. The molecular weight excluding hydrogens is 402 g/mol. The summed E-state index contributed by atoms with van der Waals surface area (Å²) in [6, 6.07) is 4.61. The lowest BCUT2D eigenvalue weighted by Gasteiger charge is -2.04. The number of methoxy groups -OCH3 is 1. The molecule has 1 aromatic carbocycles. The molecule has 0 unspecified atom stereocenters. The van der Waals surface area contributed by atoms with Crippen LogP contribution in [0.2, 0.25) is 0 Å². The van der Waals surface area contributed by atoms with Crippen LogP contribution >= 0.6 is 23.1 Å². The maximum Gasteiger partial charge on any atom is 0.337 e. The number of carbonyl (C=O) groups is 2. The summed E-state index contributed by atoms with van der Waals surface area (Å²) in [7, 11) is 1.30. The molecule has 0 saturated carbocycles. The lowest BCUT2D eigenvalue weighted by atomic mass is 10.1. The summed E-state index contributed by atoms with van der Waals surface area (Å²) in [4.78, 5) is 47.0. The van der Waals surface area contributed by atoms with Crippen molar-refractivity contribution >= 4 is 45.9 Å². The Balaban J connectivity index is 1.74. The van der Waals surface area contributed by atoms with Crippen molar-refractivity contribution in [1.82, 2.24) is 15.0 Å². The van der Waals surface area contributed by atoms with E-state index in [-0.39, 0.29) is 17.9 Å². The molecule has 0 bridgehead atoms. The van der Waals surface area contributed by atoms with E-state index in [1.807, 2.05) is 0 Å². The minimum Gasteiger partial charge on any atom is -0.466 e. The number of aromatic nitrogens is 3. The van der Waals surface area contributed by atoms with Crippen LogP contribution < -0.4 is 5.56 Å². The van der Waals surface area contributed by atoms with Crippen molar-refractivity contribution in [2.45, 2.75) is 23.4 Å². The van der Waals surface area contributed by atoms with Gasteiger partial charge < -0.3 is 14.5 Å². The molecule has 28 heavy (non-hydrogen) atoms. The summed E-state index contributed by atoms with van der Waals surface area (Å²) in [5.74, 6) is 0.0507. The van der Waals surface area contributed by atoms with Gasteiger partial charge in [-0.15, -0.1) is 11.3 Å². The van der Waals surface area contributed by atoms with E-state index in [0.29, 0.717) is 40.3 Å². The van der Waals surface area contributed by atoms with Crippen LogP contribution in [0.25, 0.3) is 10.9 Å². The highest BCUT2D eigenvalue weighted by Gasteiger charge is 2.12. The Morgan fingerprint density at radius 1 is 1.29 bits per heavy atom. The molecule has 0 aliphatic heterocycles. The van der Waals surface area contributed by atoms with Crippen molar-refractivity contribution in [2.75, 3.05) is 13.7 Å². The van der Waals surface area contributed by atoms with Crippen LogP contribution in [-0.4, -0.2) is 40.6 Å². The monoisotopic (exact) mass is 419 g/mol. The van der Waals surface area contributed by atoms with Crippen molar-refractivity contribution in [1.29, 1.82) is 0 Å². The molecule has 0 atom stereocenters. The van der Waals surface area contributed by atoms with Gasteiger partial charge in [0.15, 0.2) is 4.34 Å². The first-order chi connectivity index (χ1) is 13.5. The first kappa shape index (κ1) is 20.0. The maximum atomic E-state index is 12.3. The van der Waals surface area contributed by atoms with E-state index in [2.05, 4.69) is 15.0 Å². The molecule has 2 aromatic heterocycles. The van der Waals surface area contributed by atoms with Gasteiger partial charge >= 0.3 is 11.9 Å². The second-order valence-electron chi connectivity index (χ2n) is 5.61. The topological polar surface area (TPSA) is 111 Å². The first-order valence-corrected chi connectivity index (χ1v) is 10.2. The fourth-order valence-electron chi connectivity index (χ4n) is 2.43. The molecule has 0 spiro atoms. The fourth-order valence-corrected chi connectivity index (χ4v) is 4.14. The number of esters is 2. The van der Waals surface area contributed by atoms with Crippen LogP contribution in [0.1, 0.15) is 28.8 Å². The predicted octanol–water partition coefficient (Wildman–Crippen LogP) is 2.56. The molecule has 0 radical (unpaired) electrons. The SMILES string of the molecule is CCOC(=O)Cc1csc(SCc2nc3cc(C(=O)OC)ccc3c(=O)[nH]2)n1. The molecule has 1 N–H and O–H groups in total. The van der Waals surface area contributed by atoms with E-state index < -0.39 is 5.97 Å². The van der Waals surface area contributed by atoms with Crippen LogP contribution in [0.4, 0.5) is 0 Å². The zero-order valence-electron chi connectivity index (χ0n) is 15.2. The van der Waals surface area contributed by atoms with Crippen molar-refractivity contribution in [2.24, 2.45) is 0 Å². The predicted molar refractivity (Wildman–Crippen MR) is 106 cm³/mol. The van der Waals surface area contributed by atoms with Gasteiger partial charge in [0.25, 0.3) is 5.56 Å². The van der Waals surface area contributed by atoms with E-state index in [1.54, 1.807) is 18.4 Å². The minimum atomic E-state index is -0.489. The summed E-state index contributed by atoms with van der Waals surface area (Å²) < 4.78 is 10.4. The number of fused-ring (bicyclic) bond motifs is 1. The largest absolute Gasteiger partial charge is 0.466 e. The average Bonchev–Trinajstić information content (AvgIpc) is 3.12. The summed E-state index contributed by atoms with van der Waals surface area (Å²) in [5, 5.41) is 2.20. The normalized spacial score (nSPS) is 10.8. The number of nitrogens with zero attached hydrogens (tertiary/aromatic N) is 2. The Hall–Kier alpha value is -2.72. The zero-order valence-corrected chi connectivity index (χ0v) is 16.8. The third kappa shape index (κ3) is 4.76. The number of aromatic amines is 1. The number of rotatable bonds is 7. The lowest BCUT2D eigenvalue weighted by molar-refractivity contribution is -0.142. The van der Waals surface area contributed by atoms with Crippen molar-refractivity contribution < 1.29 is 19.1 Å². The van der Waals surface area contributed by atoms with E-state index in [9.17, 15) is 14.4 Å². The summed E-state index contributed by atoms with van der Waals surface area (Å²) in [6.45, 7) is 2.09. The number of hydrogen-bond donors (Lipinski definition) is 1. The number of hydrogen-bond acceptors (Lipinski definition) is 9. The molecule has 146 valence electrons. The quantitative estimate of drug-likeness (QED) is 0.459. The van der Waals surface area contributed by atoms with Crippen LogP contribution in [0, 0.1) is 0 Å². The van der Waals surface area contributed by atoms with Gasteiger partial charge in [-0.1, -0.05) is 11.8 Å². The smallest absolute Gasteiger partial charge is 0.337 e. The Bertz CT molecular complexity index is 1080. The standard InChI is InChI=1S/C18H17N3O5S2/c1-3-26-15(22)7-11-8-27-18(19-11)28-9-14-20-13-6-10(17(24)25-2)4-5-12(13)16(23)21-14/h4-6,8H,3,7,9H2,1-2H3,(H,20,21,23). The van der Waals surface area contributed by atoms with E-state index in [0.717, 1.165) is 4.34 Å². The molecule has 10 heteroatoms. The Kier molecular flexibility index (Phi) is 6.42. The van der Waals surface area contributed by atoms with Crippen molar-refractivity contribution in [3.05, 3.63) is 51.0 Å². The number of thiazole rings is 1. The summed E-state index contributed by atoms with van der Waals surface area (Å²) >= 11 is 2.81. The van der Waals surface area contributed by atoms with Crippen LogP contribution in [0.15, 0.2) is 32.7 Å². The third-order valence-corrected chi connectivity index (χ3v) is 5.75. The van der Waals surface area contributed by atoms with Gasteiger partial charge in [0.2, 0.25) is 0 Å². The Morgan fingerprint density at radius 2 is 2.11 bits per heavy atom. The molecule has 0 saturated heterocycles. The summed E-state index contributed by atoms with van der Waals surface area (Å²) in [6.07, 6.45) is 0.131. The highest BCUT2D eigenvalue weighted by molar-refractivity contribution is 8.00. The number of nitrogens with one attached hydrogen (secondary N) is 1. The number of ether oxygens (including phenoxy) is 2. The van der Waals surface area contributed by atoms with Gasteiger partial charge in [0, 0.05) is 5.38 Å². The number of benzene rings is 1. The van der Waals surface area contributed by atoms with E-state index >= 15 is 0 Å². The minimum absolute atomic E-state index is 0.131. The molecule has 2 heterocycles. The van der Waals surface area contributed by atoms with Gasteiger partial charge in [0.05, 0.1) is 48.1 Å². The highest BCUT2D eigenvalue weighted by atomic mass is 32.2. The van der Waals surface area contributed by atoms with Crippen LogP contribution in [-0.2, 0) is 26.4 Å². The maximum absolute atomic E-state index is 12.3. The van der Waals surface area contributed by atoms with Crippen molar-refractivity contribution in [3.63, 3.8) is 0 Å². The molecule has 0 amide bonds. The molecule has 3 rings (SSSR count). The number of thioether (sulfide) groups is 1. The van der Waals surface area contributed by atoms with Crippen LogP contribution in [0.3, 0.4) is 0 Å².